The molecule has 0 radical (unpaired) electrons. The number of nitrogens with one attached hydrogen (secondary N) is 1. The fourth-order valence-corrected chi connectivity index (χ4v) is 1.61. The minimum atomic E-state index is 0.699. The number of hydrogen-bond donors (Lipinski definition) is 1. The quantitative estimate of drug-likeness (QED) is 0.647. The van der Waals surface area contributed by atoms with Crippen LogP contribution in [0.3, 0.4) is 0 Å². The first kappa shape index (κ1) is 11.0. The fourth-order valence-electron chi connectivity index (χ4n) is 1.61. The van der Waals surface area contributed by atoms with Crippen molar-refractivity contribution >= 4 is 0 Å². The molecule has 0 aliphatic heterocycles. The molecule has 68 valence electrons. The SMILES string of the molecule is CCC(NC)C(C)[C@@H](C)CC. The summed E-state index contributed by atoms with van der Waals surface area (Å²) in [5, 5.41) is 3.37. The lowest BCUT2D eigenvalue weighted by Gasteiger charge is -2.27. The van der Waals surface area contributed by atoms with E-state index in [1.54, 1.807) is 0 Å². The van der Waals surface area contributed by atoms with E-state index in [-0.39, 0.29) is 0 Å². The molecule has 0 saturated carbocycles. The summed E-state index contributed by atoms with van der Waals surface area (Å²) in [5.74, 6) is 1.64. The Balaban J connectivity index is 3.86. The van der Waals surface area contributed by atoms with Crippen LogP contribution in [0.4, 0.5) is 0 Å². The second-order valence-corrected chi connectivity index (χ2v) is 3.55. The molecule has 1 heteroatoms. The van der Waals surface area contributed by atoms with E-state index in [1.165, 1.54) is 12.8 Å². The average Bonchev–Trinajstić information content (AvgIpc) is 2.05. The molecule has 0 saturated heterocycles. The highest BCUT2D eigenvalue weighted by Gasteiger charge is 2.17. The maximum atomic E-state index is 3.37. The number of hydrogen-bond acceptors (Lipinski definition) is 1. The minimum absolute atomic E-state index is 0.699. The van der Waals surface area contributed by atoms with Crippen molar-refractivity contribution in [1.29, 1.82) is 0 Å². The molecule has 0 bridgehead atoms. The third-order valence-corrected chi connectivity index (χ3v) is 2.99. The summed E-state index contributed by atoms with van der Waals surface area (Å²) >= 11 is 0. The van der Waals surface area contributed by atoms with Gasteiger partial charge < -0.3 is 5.32 Å². The fraction of sp³-hybridized carbons (Fsp3) is 1.00. The summed E-state index contributed by atoms with van der Waals surface area (Å²) in [5.41, 5.74) is 0. The smallest absolute Gasteiger partial charge is 0.00896 e. The molecule has 11 heavy (non-hydrogen) atoms. The summed E-state index contributed by atoms with van der Waals surface area (Å²) in [6, 6.07) is 0.699. The zero-order valence-electron chi connectivity index (χ0n) is 8.65. The van der Waals surface area contributed by atoms with Crippen LogP contribution in [0.5, 0.6) is 0 Å². The lowest BCUT2D eigenvalue weighted by Crippen LogP contribution is -2.34. The Bertz CT molecular complexity index is 86.9. The van der Waals surface area contributed by atoms with Gasteiger partial charge in [0.1, 0.15) is 0 Å². The van der Waals surface area contributed by atoms with Crippen LogP contribution in [0.15, 0.2) is 0 Å². The van der Waals surface area contributed by atoms with Crippen molar-refractivity contribution in [2.24, 2.45) is 11.8 Å². The molecule has 1 N–H and O–H groups in total. The zero-order chi connectivity index (χ0) is 8.85. The molecule has 0 aromatic heterocycles. The first-order valence-electron chi connectivity index (χ1n) is 4.84. The monoisotopic (exact) mass is 157 g/mol. The van der Waals surface area contributed by atoms with Gasteiger partial charge in [-0.15, -0.1) is 0 Å². The van der Waals surface area contributed by atoms with Crippen molar-refractivity contribution in [3.05, 3.63) is 0 Å². The Morgan fingerprint density at radius 3 is 1.91 bits per heavy atom. The van der Waals surface area contributed by atoms with Gasteiger partial charge in [-0.25, -0.2) is 0 Å². The summed E-state index contributed by atoms with van der Waals surface area (Å²) in [6.45, 7) is 9.20. The minimum Gasteiger partial charge on any atom is -0.317 e. The highest BCUT2D eigenvalue weighted by Crippen LogP contribution is 2.19. The lowest BCUT2D eigenvalue weighted by atomic mass is 9.86. The van der Waals surface area contributed by atoms with Gasteiger partial charge in [-0.3, -0.25) is 0 Å². The van der Waals surface area contributed by atoms with E-state index < -0.39 is 0 Å². The molecule has 0 aliphatic carbocycles. The summed E-state index contributed by atoms with van der Waals surface area (Å²) in [7, 11) is 2.06. The summed E-state index contributed by atoms with van der Waals surface area (Å²) in [4.78, 5) is 0. The van der Waals surface area contributed by atoms with Crippen LogP contribution in [-0.2, 0) is 0 Å². The van der Waals surface area contributed by atoms with Crippen LogP contribution in [0.1, 0.15) is 40.5 Å². The summed E-state index contributed by atoms with van der Waals surface area (Å²) < 4.78 is 0. The van der Waals surface area contributed by atoms with Crippen LogP contribution in [0.2, 0.25) is 0 Å². The first-order valence-corrected chi connectivity index (χ1v) is 4.84. The molecule has 2 unspecified atom stereocenters. The molecule has 1 nitrogen and oxygen atoms in total. The lowest BCUT2D eigenvalue weighted by molar-refractivity contribution is 0.282. The second kappa shape index (κ2) is 5.59. The van der Waals surface area contributed by atoms with Crippen LogP contribution >= 0.6 is 0 Å². The molecule has 0 rings (SSSR count). The van der Waals surface area contributed by atoms with Crippen molar-refractivity contribution in [2.75, 3.05) is 7.05 Å². The standard InChI is InChI=1S/C10H23N/c1-6-8(3)9(4)10(7-2)11-5/h8-11H,6-7H2,1-5H3/t8-,9?,10?/m0/s1. The zero-order valence-corrected chi connectivity index (χ0v) is 8.65. The van der Waals surface area contributed by atoms with Gasteiger partial charge in [-0.1, -0.05) is 34.1 Å². The second-order valence-electron chi connectivity index (χ2n) is 3.55. The van der Waals surface area contributed by atoms with E-state index in [0.29, 0.717) is 6.04 Å². The van der Waals surface area contributed by atoms with E-state index in [4.69, 9.17) is 0 Å². The van der Waals surface area contributed by atoms with Crippen molar-refractivity contribution < 1.29 is 0 Å². The molecule has 0 aromatic rings. The molecule has 3 atom stereocenters. The van der Waals surface area contributed by atoms with Crippen molar-refractivity contribution in [3.8, 4) is 0 Å². The van der Waals surface area contributed by atoms with Gasteiger partial charge in [-0.05, 0) is 25.3 Å². The van der Waals surface area contributed by atoms with Crippen molar-refractivity contribution in [2.45, 2.75) is 46.6 Å². The van der Waals surface area contributed by atoms with E-state index >= 15 is 0 Å². The maximum absolute atomic E-state index is 3.37. The van der Waals surface area contributed by atoms with Gasteiger partial charge in [0.15, 0.2) is 0 Å². The molecule has 0 heterocycles. The molecule has 0 fully saturated rings. The largest absolute Gasteiger partial charge is 0.317 e. The number of rotatable bonds is 5. The van der Waals surface area contributed by atoms with E-state index in [0.717, 1.165) is 11.8 Å². The normalized spacial score (nSPS) is 19.4. The molecule has 0 aromatic carbocycles. The van der Waals surface area contributed by atoms with Crippen LogP contribution < -0.4 is 5.32 Å². The molecule has 0 spiro atoms. The van der Waals surface area contributed by atoms with Gasteiger partial charge >= 0.3 is 0 Å². The van der Waals surface area contributed by atoms with Gasteiger partial charge in [0.25, 0.3) is 0 Å². The Morgan fingerprint density at radius 1 is 1.09 bits per heavy atom. The van der Waals surface area contributed by atoms with Gasteiger partial charge in [0.05, 0.1) is 0 Å². The third kappa shape index (κ3) is 3.24. The highest BCUT2D eigenvalue weighted by atomic mass is 14.9. The molecule has 0 amide bonds. The van der Waals surface area contributed by atoms with Gasteiger partial charge in [0.2, 0.25) is 0 Å². The van der Waals surface area contributed by atoms with Crippen molar-refractivity contribution in [3.63, 3.8) is 0 Å². The Labute approximate surface area is 71.6 Å². The predicted molar refractivity (Wildman–Crippen MR) is 51.8 cm³/mol. The van der Waals surface area contributed by atoms with Gasteiger partial charge in [-0.2, -0.15) is 0 Å². The molecular formula is C10H23N. The Hall–Kier alpha value is -0.0400. The first-order chi connectivity index (χ1) is 5.17. The van der Waals surface area contributed by atoms with Crippen molar-refractivity contribution in [1.82, 2.24) is 5.32 Å². The van der Waals surface area contributed by atoms with Crippen LogP contribution in [0.25, 0.3) is 0 Å². The van der Waals surface area contributed by atoms with E-state index in [9.17, 15) is 0 Å². The topological polar surface area (TPSA) is 12.0 Å². The average molecular weight is 157 g/mol. The van der Waals surface area contributed by atoms with Crippen LogP contribution in [-0.4, -0.2) is 13.1 Å². The summed E-state index contributed by atoms with van der Waals surface area (Å²) in [6.07, 6.45) is 2.53. The van der Waals surface area contributed by atoms with E-state index in [2.05, 4.69) is 40.1 Å². The maximum Gasteiger partial charge on any atom is 0.00896 e. The van der Waals surface area contributed by atoms with Crippen LogP contribution in [0, 0.1) is 11.8 Å². The Morgan fingerprint density at radius 2 is 1.64 bits per heavy atom. The molecule has 0 aliphatic rings. The van der Waals surface area contributed by atoms with E-state index in [1.807, 2.05) is 0 Å². The Kier molecular flexibility index (Phi) is 5.57. The predicted octanol–water partition coefficient (Wildman–Crippen LogP) is 2.67. The third-order valence-electron chi connectivity index (χ3n) is 2.99. The van der Waals surface area contributed by atoms with Gasteiger partial charge in [0, 0.05) is 6.04 Å². The highest BCUT2D eigenvalue weighted by molar-refractivity contribution is 4.73. The molecular weight excluding hydrogens is 134 g/mol.